The number of hydrogen-bond donors (Lipinski definition) is 0. The van der Waals surface area contributed by atoms with E-state index in [1.807, 2.05) is 96.7 Å². The molecule has 0 radical (unpaired) electrons. The molecule has 3 aromatic rings. The van der Waals surface area contributed by atoms with Gasteiger partial charge in [-0.3, -0.25) is 9.59 Å². The SMILES string of the molecule is C[n+]1ccccc1C(CC(=O)c1ccccc1)CC(=O)c1ccccc1. The molecule has 0 fully saturated rings. The summed E-state index contributed by atoms with van der Waals surface area (Å²) in [6.07, 6.45) is 2.56. The lowest BCUT2D eigenvalue weighted by Crippen LogP contribution is -2.35. The van der Waals surface area contributed by atoms with E-state index in [1.54, 1.807) is 0 Å². The van der Waals surface area contributed by atoms with Crippen molar-refractivity contribution < 1.29 is 14.2 Å². The Morgan fingerprint density at radius 3 is 1.65 bits per heavy atom. The molecule has 3 rings (SSSR count). The molecule has 130 valence electrons. The Kier molecular flexibility index (Phi) is 5.69. The van der Waals surface area contributed by atoms with Gasteiger partial charge in [0.25, 0.3) is 0 Å². The van der Waals surface area contributed by atoms with Crippen LogP contribution in [0.25, 0.3) is 0 Å². The zero-order valence-electron chi connectivity index (χ0n) is 14.8. The van der Waals surface area contributed by atoms with Gasteiger partial charge in [0.1, 0.15) is 7.05 Å². The van der Waals surface area contributed by atoms with Gasteiger partial charge < -0.3 is 0 Å². The molecule has 0 aliphatic heterocycles. The van der Waals surface area contributed by atoms with Gasteiger partial charge in [0.05, 0.1) is 5.92 Å². The van der Waals surface area contributed by atoms with E-state index in [4.69, 9.17) is 0 Å². The molecule has 0 aliphatic carbocycles. The van der Waals surface area contributed by atoms with Gasteiger partial charge in [0.15, 0.2) is 23.5 Å². The van der Waals surface area contributed by atoms with Gasteiger partial charge >= 0.3 is 0 Å². The van der Waals surface area contributed by atoms with E-state index in [-0.39, 0.29) is 17.5 Å². The number of ketones is 2. The Bertz CT molecular complexity index is 835. The van der Waals surface area contributed by atoms with Crippen molar-refractivity contribution >= 4 is 11.6 Å². The molecule has 0 bridgehead atoms. The Labute approximate surface area is 153 Å². The van der Waals surface area contributed by atoms with Crippen LogP contribution in [0.3, 0.4) is 0 Å². The molecule has 0 saturated carbocycles. The summed E-state index contributed by atoms with van der Waals surface area (Å²) in [5.74, 6) is -0.0535. The fraction of sp³-hybridized carbons (Fsp3) is 0.174. The first-order valence-electron chi connectivity index (χ1n) is 8.76. The van der Waals surface area contributed by atoms with E-state index >= 15 is 0 Å². The van der Waals surface area contributed by atoms with Crippen LogP contribution in [0.4, 0.5) is 0 Å². The summed E-state index contributed by atoms with van der Waals surface area (Å²) in [4.78, 5) is 25.5. The molecular weight excluding hydrogens is 322 g/mol. The smallest absolute Gasteiger partial charge is 0.185 e. The van der Waals surface area contributed by atoms with Crippen LogP contribution in [0.5, 0.6) is 0 Å². The van der Waals surface area contributed by atoms with Crippen LogP contribution < -0.4 is 4.57 Å². The summed E-state index contributed by atoms with van der Waals surface area (Å²) in [6, 6.07) is 24.4. The average Bonchev–Trinajstić information content (AvgIpc) is 2.69. The molecule has 3 heteroatoms. The van der Waals surface area contributed by atoms with E-state index in [9.17, 15) is 9.59 Å². The molecule has 26 heavy (non-hydrogen) atoms. The second-order valence-electron chi connectivity index (χ2n) is 6.42. The molecule has 0 amide bonds. The van der Waals surface area contributed by atoms with E-state index in [2.05, 4.69) is 0 Å². The molecule has 3 nitrogen and oxygen atoms in total. The quantitative estimate of drug-likeness (QED) is 0.477. The number of nitrogens with zero attached hydrogens (tertiary/aromatic N) is 1. The molecule has 0 unspecified atom stereocenters. The minimum absolute atomic E-state index is 0.0558. The van der Waals surface area contributed by atoms with Gasteiger partial charge in [-0.15, -0.1) is 0 Å². The molecule has 1 heterocycles. The number of pyridine rings is 1. The van der Waals surface area contributed by atoms with E-state index in [1.165, 1.54) is 0 Å². The topological polar surface area (TPSA) is 38.0 Å². The number of aromatic nitrogens is 1. The van der Waals surface area contributed by atoms with Crippen molar-refractivity contribution in [2.75, 3.05) is 0 Å². The highest BCUT2D eigenvalue weighted by Crippen LogP contribution is 2.25. The number of aryl methyl sites for hydroxylation is 1. The van der Waals surface area contributed by atoms with Crippen molar-refractivity contribution in [1.29, 1.82) is 0 Å². The summed E-state index contributed by atoms with van der Waals surface area (Å²) in [6.45, 7) is 0. The maximum atomic E-state index is 12.7. The minimum Gasteiger partial charge on any atom is -0.294 e. The van der Waals surface area contributed by atoms with Crippen LogP contribution in [-0.2, 0) is 7.05 Å². The predicted octanol–water partition coefficient (Wildman–Crippen LogP) is 4.14. The molecule has 0 N–H and O–H groups in total. The number of benzene rings is 2. The van der Waals surface area contributed by atoms with E-state index in [0.717, 1.165) is 5.69 Å². The van der Waals surface area contributed by atoms with Crippen molar-refractivity contribution in [2.45, 2.75) is 18.8 Å². The first-order valence-corrected chi connectivity index (χ1v) is 8.76. The van der Waals surface area contributed by atoms with Crippen molar-refractivity contribution in [1.82, 2.24) is 0 Å². The first kappa shape index (κ1) is 17.7. The van der Waals surface area contributed by atoms with Crippen molar-refractivity contribution in [2.24, 2.45) is 7.05 Å². The van der Waals surface area contributed by atoms with Crippen LogP contribution in [0, 0.1) is 0 Å². The molecule has 0 atom stereocenters. The standard InChI is InChI=1S/C23H22NO2/c1-24-15-9-8-14-21(24)20(16-22(25)18-10-4-2-5-11-18)17-23(26)19-12-6-3-7-13-19/h2-15,20H,16-17H2,1H3/q+1. The van der Waals surface area contributed by atoms with E-state index < -0.39 is 0 Å². The second-order valence-corrected chi connectivity index (χ2v) is 6.42. The molecule has 2 aromatic carbocycles. The van der Waals surface area contributed by atoms with Crippen LogP contribution in [-0.4, -0.2) is 11.6 Å². The number of carbonyl (C=O) groups is 2. The largest absolute Gasteiger partial charge is 0.294 e. The lowest BCUT2D eigenvalue weighted by molar-refractivity contribution is -0.680. The van der Waals surface area contributed by atoms with E-state index in [0.29, 0.717) is 24.0 Å². The first-order chi connectivity index (χ1) is 12.6. The van der Waals surface area contributed by atoms with Gasteiger partial charge in [-0.25, -0.2) is 4.57 Å². The Balaban J connectivity index is 1.86. The van der Waals surface area contributed by atoms with Gasteiger partial charge in [-0.2, -0.15) is 0 Å². The molecule has 1 aromatic heterocycles. The predicted molar refractivity (Wildman–Crippen MR) is 101 cm³/mol. The average molecular weight is 344 g/mol. The Morgan fingerprint density at radius 2 is 1.19 bits per heavy atom. The van der Waals surface area contributed by atoms with Crippen LogP contribution in [0.1, 0.15) is 45.2 Å². The highest BCUT2D eigenvalue weighted by atomic mass is 16.1. The number of rotatable bonds is 7. The number of Topliss-reactive ketones (excluding diaryl/α,β-unsaturated/α-hetero) is 2. The lowest BCUT2D eigenvalue weighted by atomic mass is 9.88. The second kappa shape index (κ2) is 8.34. The van der Waals surface area contributed by atoms with Crippen molar-refractivity contribution in [3.8, 4) is 0 Å². The van der Waals surface area contributed by atoms with Crippen LogP contribution >= 0.6 is 0 Å². The van der Waals surface area contributed by atoms with Gasteiger partial charge in [-0.1, -0.05) is 66.7 Å². The molecular formula is C23H22NO2+. The molecule has 0 aliphatic rings. The summed E-state index contributed by atoms with van der Waals surface area (Å²) < 4.78 is 1.99. The van der Waals surface area contributed by atoms with Gasteiger partial charge in [0.2, 0.25) is 0 Å². The Morgan fingerprint density at radius 1 is 0.731 bits per heavy atom. The van der Waals surface area contributed by atoms with Gasteiger partial charge in [0, 0.05) is 36.1 Å². The zero-order chi connectivity index (χ0) is 18.4. The molecule has 0 spiro atoms. The van der Waals surface area contributed by atoms with Gasteiger partial charge in [-0.05, 0) is 0 Å². The summed E-state index contributed by atoms with van der Waals surface area (Å²) in [7, 11) is 1.95. The molecule has 0 saturated heterocycles. The highest BCUT2D eigenvalue weighted by molar-refractivity contribution is 5.99. The maximum Gasteiger partial charge on any atom is 0.185 e. The fourth-order valence-electron chi connectivity index (χ4n) is 3.17. The minimum atomic E-state index is -0.165. The number of hydrogen-bond acceptors (Lipinski definition) is 2. The van der Waals surface area contributed by atoms with Crippen LogP contribution in [0.2, 0.25) is 0 Å². The monoisotopic (exact) mass is 344 g/mol. The Hall–Kier alpha value is -3.07. The summed E-state index contributed by atoms with van der Waals surface area (Å²) in [5, 5.41) is 0. The van der Waals surface area contributed by atoms with Crippen molar-refractivity contribution in [3.05, 3.63) is 102 Å². The lowest BCUT2D eigenvalue weighted by Gasteiger charge is -2.14. The third-order valence-corrected chi connectivity index (χ3v) is 4.57. The van der Waals surface area contributed by atoms with Crippen LogP contribution in [0.15, 0.2) is 85.1 Å². The normalized spacial score (nSPS) is 10.7. The summed E-state index contributed by atoms with van der Waals surface area (Å²) >= 11 is 0. The zero-order valence-corrected chi connectivity index (χ0v) is 14.8. The third kappa shape index (κ3) is 4.31. The maximum absolute atomic E-state index is 12.7. The highest BCUT2D eigenvalue weighted by Gasteiger charge is 2.26. The third-order valence-electron chi connectivity index (χ3n) is 4.57. The summed E-state index contributed by atoms with van der Waals surface area (Å²) in [5.41, 5.74) is 2.35. The number of carbonyl (C=O) groups excluding carboxylic acids is 2. The fourth-order valence-corrected chi connectivity index (χ4v) is 3.17. The van der Waals surface area contributed by atoms with Crippen molar-refractivity contribution in [3.63, 3.8) is 0 Å².